The number of benzene rings is 1. The summed E-state index contributed by atoms with van der Waals surface area (Å²) in [6.07, 6.45) is 6.36. The van der Waals surface area contributed by atoms with Gasteiger partial charge in [-0.3, -0.25) is 0 Å². The first kappa shape index (κ1) is 12.1. The summed E-state index contributed by atoms with van der Waals surface area (Å²) in [5.41, 5.74) is 2.14. The van der Waals surface area contributed by atoms with Crippen LogP contribution in [0, 0.1) is 11.3 Å². The molecular weight excluding hydrogens is 198 g/mol. The number of nitriles is 1. The highest BCUT2D eigenvalue weighted by atomic mass is 16.5. The van der Waals surface area contributed by atoms with Crippen LogP contribution < -0.4 is 4.74 Å². The van der Waals surface area contributed by atoms with Crippen LogP contribution in [-0.2, 0) is 0 Å². The van der Waals surface area contributed by atoms with Gasteiger partial charge in [0.25, 0.3) is 0 Å². The summed E-state index contributed by atoms with van der Waals surface area (Å²) in [6, 6.07) is 9.94. The molecule has 0 spiro atoms. The fraction of sp³-hybridized carbons (Fsp3) is 0.214. The molecule has 16 heavy (non-hydrogen) atoms. The van der Waals surface area contributed by atoms with E-state index in [2.05, 4.69) is 6.07 Å². The maximum absolute atomic E-state index is 8.49. The summed E-state index contributed by atoms with van der Waals surface area (Å²) < 4.78 is 5.13. The fourth-order valence-corrected chi connectivity index (χ4v) is 1.25. The summed E-state index contributed by atoms with van der Waals surface area (Å²) in [7, 11) is 1.65. The number of hydrogen-bond acceptors (Lipinski definition) is 2. The number of ether oxygens (including phenoxy) is 1. The number of hydrogen-bond donors (Lipinski definition) is 0. The van der Waals surface area contributed by atoms with E-state index in [4.69, 9.17) is 10.00 Å². The van der Waals surface area contributed by atoms with E-state index in [0.29, 0.717) is 6.42 Å². The van der Waals surface area contributed by atoms with Crippen molar-refractivity contribution >= 4 is 6.08 Å². The van der Waals surface area contributed by atoms with Crippen molar-refractivity contribution in [3.8, 4) is 11.8 Å². The van der Waals surface area contributed by atoms with E-state index in [9.17, 15) is 0 Å². The quantitative estimate of drug-likeness (QED) is 0.716. The van der Waals surface area contributed by atoms with Crippen molar-refractivity contribution < 1.29 is 4.74 Å². The zero-order valence-electron chi connectivity index (χ0n) is 9.60. The van der Waals surface area contributed by atoms with Crippen LogP contribution in [0.25, 0.3) is 6.08 Å². The third-order valence-corrected chi connectivity index (χ3v) is 2.12. The lowest BCUT2D eigenvalue weighted by molar-refractivity contribution is 0.414. The van der Waals surface area contributed by atoms with Crippen molar-refractivity contribution in [3.05, 3.63) is 47.6 Å². The van der Waals surface area contributed by atoms with Gasteiger partial charge in [-0.25, -0.2) is 0 Å². The standard InChI is InChI=1S/C14H15NO/c1-12(9-10-15)5-3-6-13-7-4-8-14(11-13)16-2/h3-8,11H,9H2,1-2H3/b6-3+,12-5+. The highest BCUT2D eigenvalue weighted by molar-refractivity contribution is 5.53. The largest absolute Gasteiger partial charge is 0.497 e. The zero-order valence-corrected chi connectivity index (χ0v) is 9.60. The van der Waals surface area contributed by atoms with Crippen LogP contribution in [0.2, 0.25) is 0 Å². The van der Waals surface area contributed by atoms with Gasteiger partial charge in [0, 0.05) is 0 Å². The van der Waals surface area contributed by atoms with Gasteiger partial charge in [-0.1, -0.05) is 35.9 Å². The Morgan fingerprint density at radius 3 is 3.00 bits per heavy atom. The Hall–Kier alpha value is -2.01. The third kappa shape index (κ3) is 4.02. The summed E-state index contributed by atoms with van der Waals surface area (Å²) in [5, 5.41) is 8.49. The summed E-state index contributed by atoms with van der Waals surface area (Å²) in [6.45, 7) is 1.94. The first-order chi connectivity index (χ1) is 7.76. The van der Waals surface area contributed by atoms with Crippen LogP contribution in [0.3, 0.4) is 0 Å². The lowest BCUT2D eigenvalue weighted by atomic mass is 10.1. The molecule has 0 aliphatic heterocycles. The SMILES string of the molecule is COc1cccc(/C=C/C=C(\C)CC#N)c1. The highest BCUT2D eigenvalue weighted by Gasteiger charge is 1.90. The minimum Gasteiger partial charge on any atom is -0.497 e. The number of rotatable bonds is 4. The molecule has 1 rings (SSSR count). The second-order valence-electron chi connectivity index (χ2n) is 3.48. The monoisotopic (exact) mass is 213 g/mol. The van der Waals surface area contributed by atoms with Gasteiger partial charge in [0.15, 0.2) is 0 Å². The van der Waals surface area contributed by atoms with Gasteiger partial charge in [0.05, 0.1) is 19.6 Å². The molecule has 0 unspecified atom stereocenters. The van der Waals surface area contributed by atoms with Crippen LogP contribution in [0.4, 0.5) is 0 Å². The first-order valence-electron chi connectivity index (χ1n) is 5.11. The maximum Gasteiger partial charge on any atom is 0.119 e. The molecule has 0 saturated heterocycles. The highest BCUT2D eigenvalue weighted by Crippen LogP contribution is 2.13. The Morgan fingerprint density at radius 1 is 1.50 bits per heavy atom. The smallest absolute Gasteiger partial charge is 0.119 e. The minimum atomic E-state index is 0.475. The molecule has 1 aromatic carbocycles. The molecule has 0 bridgehead atoms. The average Bonchev–Trinajstić information content (AvgIpc) is 2.30. The molecule has 0 heterocycles. The Balaban J connectivity index is 2.69. The summed E-state index contributed by atoms with van der Waals surface area (Å²) in [4.78, 5) is 0. The van der Waals surface area contributed by atoms with Crippen LogP contribution in [-0.4, -0.2) is 7.11 Å². The van der Waals surface area contributed by atoms with Gasteiger partial charge in [0.1, 0.15) is 5.75 Å². The molecule has 0 aliphatic rings. The molecule has 0 saturated carbocycles. The molecule has 0 atom stereocenters. The van der Waals surface area contributed by atoms with E-state index in [1.165, 1.54) is 0 Å². The Morgan fingerprint density at radius 2 is 2.31 bits per heavy atom. The number of allylic oxidation sites excluding steroid dienone is 3. The van der Waals surface area contributed by atoms with Crippen molar-refractivity contribution in [3.63, 3.8) is 0 Å². The van der Waals surface area contributed by atoms with E-state index in [1.807, 2.05) is 49.4 Å². The maximum atomic E-state index is 8.49. The lowest BCUT2D eigenvalue weighted by Crippen LogP contribution is -1.82. The zero-order chi connectivity index (χ0) is 11.8. The van der Waals surface area contributed by atoms with Crippen LogP contribution in [0.1, 0.15) is 18.9 Å². The first-order valence-corrected chi connectivity index (χ1v) is 5.11. The molecule has 0 fully saturated rings. The molecule has 0 aromatic heterocycles. The van der Waals surface area contributed by atoms with Crippen LogP contribution >= 0.6 is 0 Å². The molecule has 2 heteroatoms. The van der Waals surface area contributed by atoms with Gasteiger partial charge in [-0.05, 0) is 24.6 Å². The molecule has 0 aliphatic carbocycles. The topological polar surface area (TPSA) is 33.0 Å². The van der Waals surface area contributed by atoms with Crippen molar-refractivity contribution in [1.29, 1.82) is 5.26 Å². The predicted octanol–water partition coefficient (Wildman–Crippen LogP) is 3.57. The molecule has 82 valence electrons. The normalized spacial score (nSPS) is 11.4. The third-order valence-electron chi connectivity index (χ3n) is 2.12. The Bertz CT molecular complexity index is 438. The van der Waals surface area contributed by atoms with E-state index in [-0.39, 0.29) is 0 Å². The predicted molar refractivity (Wildman–Crippen MR) is 66.0 cm³/mol. The second-order valence-corrected chi connectivity index (χ2v) is 3.48. The minimum absolute atomic E-state index is 0.475. The van der Waals surface area contributed by atoms with Gasteiger partial charge in [-0.15, -0.1) is 0 Å². The van der Waals surface area contributed by atoms with Gasteiger partial charge < -0.3 is 4.74 Å². The van der Waals surface area contributed by atoms with E-state index >= 15 is 0 Å². The van der Waals surface area contributed by atoms with Gasteiger partial charge in [-0.2, -0.15) is 5.26 Å². The van der Waals surface area contributed by atoms with Crippen molar-refractivity contribution in [2.45, 2.75) is 13.3 Å². The summed E-state index contributed by atoms with van der Waals surface area (Å²) in [5.74, 6) is 0.847. The van der Waals surface area contributed by atoms with Crippen LogP contribution in [0.15, 0.2) is 42.0 Å². The van der Waals surface area contributed by atoms with E-state index in [0.717, 1.165) is 16.9 Å². The lowest BCUT2D eigenvalue weighted by Gasteiger charge is -1.99. The van der Waals surface area contributed by atoms with Crippen LogP contribution in [0.5, 0.6) is 5.75 Å². The van der Waals surface area contributed by atoms with Crippen molar-refractivity contribution in [2.24, 2.45) is 0 Å². The molecular formula is C14H15NO. The second kappa shape index (κ2) is 6.47. The Labute approximate surface area is 96.5 Å². The van der Waals surface area contributed by atoms with Gasteiger partial charge >= 0.3 is 0 Å². The van der Waals surface area contributed by atoms with E-state index < -0.39 is 0 Å². The van der Waals surface area contributed by atoms with Crippen molar-refractivity contribution in [1.82, 2.24) is 0 Å². The van der Waals surface area contributed by atoms with Gasteiger partial charge in [0.2, 0.25) is 0 Å². The number of methoxy groups -OCH3 is 1. The van der Waals surface area contributed by atoms with E-state index in [1.54, 1.807) is 7.11 Å². The summed E-state index contributed by atoms with van der Waals surface area (Å²) >= 11 is 0. The molecule has 2 nitrogen and oxygen atoms in total. The molecule has 1 aromatic rings. The number of nitrogens with zero attached hydrogens (tertiary/aromatic N) is 1. The molecule has 0 N–H and O–H groups in total. The fourth-order valence-electron chi connectivity index (χ4n) is 1.25. The van der Waals surface area contributed by atoms with Crippen molar-refractivity contribution in [2.75, 3.05) is 7.11 Å². The average molecular weight is 213 g/mol. The molecule has 0 amide bonds. The Kier molecular flexibility index (Phi) is 4.88. The molecule has 0 radical (unpaired) electrons.